The van der Waals surface area contributed by atoms with E-state index < -0.39 is 0 Å². The normalized spacial score (nSPS) is 14.0. The zero-order valence-corrected chi connectivity index (χ0v) is 10.2. The predicted octanol–water partition coefficient (Wildman–Crippen LogP) is 3.39. The van der Waals surface area contributed by atoms with Crippen LogP contribution in [0.4, 0.5) is 0 Å². The van der Waals surface area contributed by atoms with Gasteiger partial charge in [-0.3, -0.25) is 4.79 Å². The van der Waals surface area contributed by atoms with Crippen LogP contribution in [0.15, 0.2) is 12.1 Å². The number of ketones is 1. The van der Waals surface area contributed by atoms with Gasteiger partial charge in [0.15, 0.2) is 0 Å². The first kappa shape index (κ1) is 12.0. The van der Waals surface area contributed by atoms with Gasteiger partial charge >= 0.3 is 0 Å². The van der Waals surface area contributed by atoms with Crippen molar-refractivity contribution in [3.05, 3.63) is 34.4 Å². The molecule has 0 aromatic heterocycles. The van der Waals surface area contributed by atoms with E-state index in [0.717, 1.165) is 12.8 Å². The zero-order valence-electron chi connectivity index (χ0n) is 10.2. The van der Waals surface area contributed by atoms with E-state index in [1.165, 1.54) is 22.3 Å². The molecule has 0 amide bonds. The van der Waals surface area contributed by atoms with E-state index >= 15 is 0 Å². The Balaban J connectivity index is 0.000000531. The van der Waals surface area contributed by atoms with Crippen LogP contribution in [0.25, 0.3) is 0 Å². The minimum Gasteiger partial charge on any atom is -0.299 e. The highest BCUT2D eigenvalue weighted by Gasteiger charge is 2.15. The van der Waals surface area contributed by atoms with Crippen molar-refractivity contribution in [2.24, 2.45) is 0 Å². The molecule has 0 spiro atoms. The van der Waals surface area contributed by atoms with Gasteiger partial charge in [-0.25, -0.2) is 0 Å². The predicted molar refractivity (Wildman–Crippen MR) is 64.3 cm³/mol. The second kappa shape index (κ2) is 5.11. The molecule has 0 unspecified atom stereocenters. The molecule has 0 heterocycles. The monoisotopic (exact) mass is 204 g/mol. The third kappa shape index (κ3) is 2.68. The van der Waals surface area contributed by atoms with Crippen molar-refractivity contribution < 1.29 is 4.79 Å². The minimum atomic E-state index is 0.385. The summed E-state index contributed by atoms with van der Waals surface area (Å²) in [5.41, 5.74) is 5.27. The Morgan fingerprint density at radius 2 is 1.47 bits per heavy atom. The standard InChI is InChI=1S/C12H14O.C2H6/c1-8-5-10-3-4-12(13)7-11(10)6-9(8)2;1-2/h5-6H,3-4,7H2,1-2H3;1-2H3. The lowest BCUT2D eigenvalue weighted by atomic mass is 9.88. The number of carbonyl (C=O) groups is 1. The smallest absolute Gasteiger partial charge is 0.137 e. The average molecular weight is 204 g/mol. The number of fused-ring (bicyclic) bond motifs is 1. The van der Waals surface area contributed by atoms with Crippen molar-refractivity contribution in [2.75, 3.05) is 0 Å². The number of carbonyl (C=O) groups excluding carboxylic acids is 1. The molecular weight excluding hydrogens is 184 g/mol. The van der Waals surface area contributed by atoms with Gasteiger partial charge in [0, 0.05) is 12.8 Å². The lowest BCUT2D eigenvalue weighted by molar-refractivity contribution is -0.118. The van der Waals surface area contributed by atoms with Crippen LogP contribution in [-0.4, -0.2) is 5.78 Å². The maximum atomic E-state index is 11.2. The summed E-state index contributed by atoms with van der Waals surface area (Å²) in [4.78, 5) is 11.2. The molecule has 0 N–H and O–H groups in total. The fraction of sp³-hybridized carbons (Fsp3) is 0.500. The molecule has 82 valence electrons. The van der Waals surface area contributed by atoms with Gasteiger partial charge in [-0.15, -0.1) is 0 Å². The van der Waals surface area contributed by atoms with Crippen LogP contribution in [0.1, 0.15) is 42.5 Å². The average Bonchev–Trinajstić information content (AvgIpc) is 2.23. The van der Waals surface area contributed by atoms with Crippen molar-refractivity contribution >= 4 is 5.78 Å². The Bertz CT molecular complexity index is 364. The Labute approximate surface area is 92.5 Å². The van der Waals surface area contributed by atoms with Crippen LogP contribution in [0.5, 0.6) is 0 Å². The largest absolute Gasteiger partial charge is 0.299 e. The number of aryl methyl sites for hydroxylation is 3. The molecule has 0 atom stereocenters. The van der Waals surface area contributed by atoms with Crippen molar-refractivity contribution in [3.8, 4) is 0 Å². The minimum absolute atomic E-state index is 0.385. The third-order valence-corrected chi connectivity index (χ3v) is 2.88. The molecule has 1 aromatic carbocycles. The number of hydrogen-bond acceptors (Lipinski definition) is 1. The highest BCUT2D eigenvalue weighted by molar-refractivity contribution is 5.83. The summed E-state index contributed by atoms with van der Waals surface area (Å²) < 4.78 is 0. The van der Waals surface area contributed by atoms with Gasteiger partial charge in [-0.1, -0.05) is 26.0 Å². The number of benzene rings is 1. The van der Waals surface area contributed by atoms with Crippen molar-refractivity contribution in [3.63, 3.8) is 0 Å². The van der Waals surface area contributed by atoms with Crippen LogP contribution in [0.3, 0.4) is 0 Å². The highest BCUT2D eigenvalue weighted by atomic mass is 16.1. The molecule has 1 aliphatic carbocycles. The molecule has 2 rings (SSSR count). The first-order valence-corrected chi connectivity index (χ1v) is 5.77. The summed E-state index contributed by atoms with van der Waals surface area (Å²) in [6.45, 7) is 8.24. The second-order valence-corrected chi connectivity index (χ2v) is 3.92. The van der Waals surface area contributed by atoms with Crippen LogP contribution in [-0.2, 0) is 17.6 Å². The Kier molecular flexibility index (Phi) is 4.07. The second-order valence-electron chi connectivity index (χ2n) is 3.92. The number of rotatable bonds is 0. The van der Waals surface area contributed by atoms with Crippen molar-refractivity contribution in [1.29, 1.82) is 0 Å². The first-order valence-electron chi connectivity index (χ1n) is 5.77. The topological polar surface area (TPSA) is 17.1 Å². The van der Waals surface area contributed by atoms with E-state index in [4.69, 9.17) is 0 Å². The maximum absolute atomic E-state index is 11.2. The lowest BCUT2D eigenvalue weighted by Gasteiger charge is -2.16. The van der Waals surface area contributed by atoms with E-state index in [2.05, 4.69) is 26.0 Å². The fourth-order valence-corrected chi connectivity index (χ4v) is 1.91. The summed E-state index contributed by atoms with van der Waals surface area (Å²) in [5.74, 6) is 0.385. The molecule has 0 saturated carbocycles. The lowest BCUT2D eigenvalue weighted by Crippen LogP contribution is -2.13. The molecule has 1 heteroatoms. The third-order valence-electron chi connectivity index (χ3n) is 2.88. The molecule has 1 aromatic rings. The summed E-state index contributed by atoms with van der Waals surface area (Å²) in [6.07, 6.45) is 2.32. The highest BCUT2D eigenvalue weighted by Crippen LogP contribution is 2.22. The van der Waals surface area contributed by atoms with Crippen molar-refractivity contribution in [1.82, 2.24) is 0 Å². The SMILES string of the molecule is CC.Cc1cc2c(cc1C)CC(=O)CC2. The van der Waals surface area contributed by atoms with E-state index in [9.17, 15) is 4.79 Å². The van der Waals surface area contributed by atoms with Gasteiger partial charge in [0.05, 0.1) is 0 Å². The number of hydrogen-bond donors (Lipinski definition) is 0. The van der Waals surface area contributed by atoms with Crippen LogP contribution in [0, 0.1) is 13.8 Å². The van der Waals surface area contributed by atoms with Crippen LogP contribution < -0.4 is 0 Å². The molecule has 0 saturated heterocycles. The molecule has 0 radical (unpaired) electrons. The van der Waals surface area contributed by atoms with Gasteiger partial charge in [0.25, 0.3) is 0 Å². The summed E-state index contributed by atoms with van der Waals surface area (Å²) in [7, 11) is 0. The fourth-order valence-electron chi connectivity index (χ4n) is 1.91. The summed E-state index contributed by atoms with van der Waals surface area (Å²) in [6, 6.07) is 4.40. The first-order chi connectivity index (χ1) is 7.16. The summed E-state index contributed by atoms with van der Waals surface area (Å²) >= 11 is 0. The zero-order chi connectivity index (χ0) is 11.4. The molecule has 0 aliphatic heterocycles. The molecular formula is C14H20O. The molecule has 0 bridgehead atoms. The van der Waals surface area contributed by atoms with Crippen LogP contribution in [0.2, 0.25) is 0 Å². The maximum Gasteiger partial charge on any atom is 0.137 e. The molecule has 1 aliphatic rings. The quantitative estimate of drug-likeness (QED) is 0.633. The molecule has 0 fully saturated rings. The Morgan fingerprint density at radius 1 is 0.933 bits per heavy atom. The van der Waals surface area contributed by atoms with E-state index in [1.807, 2.05) is 13.8 Å². The van der Waals surface area contributed by atoms with Crippen molar-refractivity contribution in [2.45, 2.75) is 47.0 Å². The van der Waals surface area contributed by atoms with E-state index in [-0.39, 0.29) is 0 Å². The van der Waals surface area contributed by atoms with Crippen LogP contribution >= 0.6 is 0 Å². The Morgan fingerprint density at radius 3 is 2.07 bits per heavy atom. The van der Waals surface area contributed by atoms with E-state index in [0.29, 0.717) is 12.2 Å². The van der Waals surface area contributed by atoms with Gasteiger partial charge < -0.3 is 0 Å². The van der Waals surface area contributed by atoms with Gasteiger partial charge in [0.1, 0.15) is 5.78 Å². The van der Waals surface area contributed by atoms with Gasteiger partial charge in [0.2, 0.25) is 0 Å². The van der Waals surface area contributed by atoms with E-state index in [1.54, 1.807) is 0 Å². The molecule has 15 heavy (non-hydrogen) atoms. The molecule has 1 nitrogen and oxygen atoms in total. The summed E-state index contributed by atoms with van der Waals surface area (Å²) in [5, 5.41) is 0. The van der Waals surface area contributed by atoms with Gasteiger partial charge in [-0.2, -0.15) is 0 Å². The van der Waals surface area contributed by atoms with Gasteiger partial charge in [-0.05, 0) is 42.5 Å². The Hall–Kier alpha value is -1.11. The number of Topliss-reactive ketones (excluding diaryl/α,β-unsaturated/α-hetero) is 1.